The fourth-order valence-electron chi connectivity index (χ4n) is 3.26. The van der Waals surface area contributed by atoms with Crippen LogP contribution in [0.15, 0.2) is 12.1 Å². The van der Waals surface area contributed by atoms with E-state index in [9.17, 15) is 22.8 Å². The summed E-state index contributed by atoms with van der Waals surface area (Å²) in [6.07, 6.45) is -0.275. The fraction of sp³-hybridized carbons (Fsp3) is 0.312. The van der Waals surface area contributed by atoms with E-state index < -0.39 is 46.8 Å². The second kappa shape index (κ2) is 6.60. The zero-order valence-corrected chi connectivity index (χ0v) is 13.9. The molecule has 2 aromatic rings. The molecule has 1 aliphatic rings. The monoisotopic (exact) mass is 386 g/mol. The summed E-state index contributed by atoms with van der Waals surface area (Å²) in [6.45, 7) is 0.0762. The summed E-state index contributed by atoms with van der Waals surface area (Å²) in [5.41, 5.74) is 0.349. The second-order valence-corrected chi connectivity index (χ2v) is 6.44. The zero-order valence-electron chi connectivity index (χ0n) is 13.1. The molecule has 2 heterocycles. The van der Waals surface area contributed by atoms with E-state index in [4.69, 9.17) is 22.4 Å². The lowest BCUT2D eigenvalue weighted by atomic mass is 9.94. The number of hydrogen-bond acceptors (Lipinski definition) is 3. The minimum Gasteiger partial charge on any atom is -0.481 e. The Hall–Kier alpha value is -2.62. The first-order chi connectivity index (χ1) is 12.2. The number of aliphatic carboxylic acids is 2. The highest BCUT2D eigenvalue weighted by Crippen LogP contribution is 2.35. The Balaban J connectivity index is 1.96. The van der Waals surface area contributed by atoms with Crippen molar-refractivity contribution in [1.82, 2.24) is 9.55 Å². The number of H-pyrrole nitrogens is 1. The molecule has 0 aliphatic carbocycles. The number of aromatic nitrogens is 2. The van der Waals surface area contributed by atoms with Gasteiger partial charge in [-0.2, -0.15) is 0 Å². The van der Waals surface area contributed by atoms with Crippen LogP contribution in [0.3, 0.4) is 0 Å². The topological polar surface area (TPSA) is 95.3 Å². The molecule has 0 fully saturated rings. The Morgan fingerprint density at radius 1 is 1.23 bits per heavy atom. The molecule has 1 aliphatic heterocycles. The van der Waals surface area contributed by atoms with Gasteiger partial charge in [-0.05, 0) is 30.8 Å². The second-order valence-electron chi connectivity index (χ2n) is 6.06. The van der Waals surface area contributed by atoms with E-state index in [1.54, 1.807) is 0 Å². The van der Waals surface area contributed by atoms with Crippen LogP contribution in [0.2, 0.25) is 0 Å². The largest absolute Gasteiger partial charge is 0.481 e. The number of imidazole rings is 1. The minimum absolute atomic E-state index is 0.0751. The molecule has 3 rings (SSSR count). The number of halogens is 3. The van der Waals surface area contributed by atoms with E-state index in [2.05, 4.69) is 4.98 Å². The molecule has 1 aromatic carbocycles. The molecule has 1 unspecified atom stereocenters. The maximum Gasteiger partial charge on any atom is 0.318 e. The zero-order chi connectivity index (χ0) is 19.2. The SMILES string of the molecule is O=C(O)C(Cc1[nH]c(=S)n2c1CC(c1c(F)ccc(F)c1F)C2)C(=O)O. The quantitative estimate of drug-likeness (QED) is 0.417. The Kier molecular flexibility index (Phi) is 4.61. The van der Waals surface area contributed by atoms with Crippen molar-refractivity contribution in [3.05, 3.63) is 51.3 Å². The van der Waals surface area contributed by atoms with Crippen LogP contribution in [0.4, 0.5) is 13.2 Å². The first-order valence-electron chi connectivity index (χ1n) is 7.60. The molecular formula is C16H13F3N2O4S. The smallest absolute Gasteiger partial charge is 0.318 e. The van der Waals surface area contributed by atoms with Gasteiger partial charge in [-0.1, -0.05) is 0 Å². The predicted octanol–water partition coefficient (Wildman–Crippen LogP) is 2.63. The lowest BCUT2D eigenvalue weighted by molar-refractivity contribution is -0.154. The van der Waals surface area contributed by atoms with Crippen molar-refractivity contribution in [2.24, 2.45) is 5.92 Å². The number of rotatable bonds is 5. The average Bonchev–Trinajstić information content (AvgIpc) is 3.10. The Labute approximate surface area is 149 Å². The highest BCUT2D eigenvalue weighted by atomic mass is 32.1. The van der Waals surface area contributed by atoms with Crippen molar-refractivity contribution in [1.29, 1.82) is 0 Å². The van der Waals surface area contributed by atoms with Crippen LogP contribution in [0.1, 0.15) is 22.9 Å². The van der Waals surface area contributed by atoms with Gasteiger partial charge >= 0.3 is 11.9 Å². The summed E-state index contributed by atoms with van der Waals surface area (Å²) < 4.78 is 43.3. The molecule has 3 N–H and O–H groups in total. The maximum absolute atomic E-state index is 14.1. The predicted molar refractivity (Wildman–Crippen MR) is 84.8 cm³/mol. The standard InChI is InChI=1S/C16H13F3N2O4S/c17-8-1-2-9(18)13(19)12(8)6-3-11-10(20-16(26)21(11)5-6)4-7(14(22)23)15(24)25/h1-2,6-7H,3-5H2,(H,20,26)(H,22,23)(H,24,25). The van der Waals surface area contributed by atoms with Gasteiger partial charge in [0.2, 0.25) is 0 Å². The first kappa shape index (κ1) is 18.2. The summed E-state index contributed by atoms with van der Waals surface area (Å²) in [6, 6.07) is 1.54. The lowest BCUT2D eigenvalue weighted by Crippen LogP contribution is -2.26. The first-order valence-corrected chi connectivity index (χ1v) is 8.01. The molecule has 26 heavy (non-hydrogen) atoms. The van der Waals surface area contributed by atoms with Gasteiger partial charge in [-0.15, -0.1) is 0 Å². The van der Waals surface area contributed by atoms with Gasteiger partial charge in [0.05, 0.1) is 0 Å². The van der Waals surface area contributed by atoms with Crippen molar-refractivity contribution in [3.8, 4) is 0 Å². The number of aromatic amines is 1. The third kappa shape index (κ3) is 3.00. The van der Waals surface area contributed by atoms with Gasteiger partial charge in [0.15, 0.2) is 22.3 Å². The number of benzene rings is 1. The Morgan fingerprint density at radius 3 is 2.46 bits per heavy atom. The Morgan fingerprint density at radius 2 is 1.85 bits per heavy atom. The summed E-state index contributed by atoms with van der Waals surface area (Å²) in [4.78, 5) is 25.0. The lowest BCUT2D eigenvalue weighted by Gasteiger charge is -2.13. The van der Waals surface area contributed by atoms with Crippen molar-refractivity contribution >= 4 is 24.2 Å². The van der Waals surface area contributed by atoms with Crippen LogP contribution in [0.5, 0.6) is 0 Å². The van der Waals surface area contributed by atoms with Crippen molar-refractivity contribution in [3.63, 3.8) is 0 Å². The van der Waals surface area contributed by atoms with Gasteiger partial charge in [-0.25, -0.2) is 13.2 Å². The van der Waals surface area contributed by atoms with Gasteiger partial charge in [-0.3, -0.25) is 9.59 Å². The molecule has 0 spiro atoms. The van der Waals surface area contributed by atoms with E-state index >= 15 is 0 Å². The van der Waals surface area contributed by atoms with Crippen molar-refractivity contribution in [2.45, 2.75) is 25.3 Å². The van der Waals surface area contributed by atoms with E-state index in [-0.39, 0.29) is 29.9 Å². The number of carboxylic acids is 2. The molecule has 1 aromatic heterocycles. The van der Waals surface area contributed by atoms with E-state index in [1.807, 2.05) is 0 Å². The summed E-state index contributed by atoms with van der Waals surface area (Å²) in [7, 11) is 0. The number of fused-ring (bicyclic) bond motifs is 1. The summed E-state index contributed by atoms with van der Waals surface area (Å²) in [5, 5.41) is 18.1. The molecule has 0 bridgehead atoms. The van der Waals surface area contributed by atoms with Gasteiger partial charge < -0.3 is 19.8 Å². The number of hydrogen-bond donors (Lipinski definition) is 3. The normalized spacial score (nSPS) is 16.1. The van der Waals surface area contributed by atoms with E-state index in [0.717, 1.165) is 6.07 Å². The van der Waals surface area contributed by atoms with Crippen molar-refractivity contribution in [2.75, 3.05) is 0 Å². The summed E-state index contributed by atoms with van der Waals surface area (Å²) in [5.74, 6) is -8.75. The van der Waals surface area contributed by atoms with Gasteiger partial charge in [0, 0.05) is 35.8 Å². The molecule has 0 saturated carbocycles. The fourth-order valence-corrected chi connectivity index (χ4v) is 3.57. The molecule has 6 nitrogen and oxygen atoms in total. The number of carbonyl (C=O) groups is 2. The van der Waals surface area contributed by atoms with Gasteiger partial charge in [0.1, 0.15) is 5.82 Å². The maximum atomic E-state index is 14.1. The molecular weight excluding hydrogens is 373 g/mol. The van der Waals surface area contributed by atoms with Crippen LogP contribution in [0.25, 0.3) is 0 Å². The summed E-state index contributed by atoms with van der Waals surface area (Å²) >= 11 is 5.13. The molecule has 0 radical (unpaired) electrons. The van der Waals surface area contributed by atoms with Crippen LogP contribution < -0.4 is 0 Å². The highest BCUT2D eigenvalue weighted by molar-refractivity contribution is 7.71. The molecule has 0 amide bonds. The van der Waals surface area contributed by atoms with Gasteiger partial charge in [0.25, 0.3) is 0 Å². The number of nitrogens with one attached hydrogen (secondary N) is 1. The van der Waals surface area contributed by atoms with Crippen LogP contribution >= 0.6 is 12.2 Å². The average molecular weight is 386 g/mol. The highest BCUT2D eigenvalue weighted by Gasteiger charge is 2.34. The number of nitrogens with zero attached hydrogens (tertiary/aromatic N) is 1. The third-order valence-electron chi connectivity index (χ3n) is 4.51. The molecule has 10 heteroatoms. The van der Waals surface area contributed by atoms with Crippen LogP contribution in [-0.2, 0) is 29.0 Å². The molecule has 0 saturated heterocycles. The van der Waals surface area contributed by atoms with Crippen LogP contribution in [-0.4, -0.2) is 31.7 Å². The third-order valence-corrected chi connectivity index (χ3v) is 4.83. The molecule has 138 valence electrons. The molecule has 1 atom stereocenters. The van der Waals surface area contributed by atoms with Crippen LogP contribution in [0, 0.1) is 28.1 Å². The Bertz CT molecular complexity index is 955. The number of carboxylic acid groups (broad SMARTS) is 2. The van der Waals surface area contributed by atoms with E-state index in [0.29, 0.717) is 11.8 Å². The minimum atomic E-state index is -1.69. The van der Waals surface area contributed by atoms with Crippen molar-refractivity contribution < 1.29 is 33.0 Å². The van der Waals surface area contributed by atoms with E-state index in [1.165, 1.54) is 4.57 Å².